The summed E-state index contributed by atoms with van der Waals surface area (Å²) in [5, 5.41) is 0. The quantitative estimate of drug-likeness (QED) is 0.807. The van der Waals surface area contributed by atoms with Gasteiger partial charge in [-0.2, -0.15) is 5.48 Å². The van der Waals surface area contributed by atoms with E-state index in [2.05, 4.69) is 5.48 Å². The Bertz CT molecular complexity index is 381. The van der Waals surface area contributed by atoms with Crippen molar-refractivity contribution < 1.29 is 19.0 Å². The molecule has 94 valence electrons. The average Bonchev–Trinajstić information content (AvgIpc) is 2.60. The van der Waals surface area contributed by atoms with E-state index in [0.29, 0.717) is 31.3 Å². The second kappa shape index (κ2) is 5.75. The summed E-state index contributed by atoms with van der Waals surface area (Å²) in [4.78, 5) is 4.84. The summed E-state index contributed by atoms with van der Waals surface area (Å²) >= 11 is 0. The molecule has 0 saturated carbocycles. The number of fused-ring (bicyclic) bond motifs is 1. The predicted octanol–water partition coefficient (Wildman–Crippen LogP) is 1.51. The van der Waals surface area contributed by atoms with Crippen LogP contribution in [-0.4, -0.2) is 27.4 Å². The highest BCUT2D eigenvalue weighted by atomic mass is 16.6. The third-order valence-corrected chi connectivity index (χ3v) is 2.56. The normalized spacial score (nSPS) is 14.2. The Morgan fingerprint density at radius 2 is 2.06 bits per heavy atom. The molecular weight excluding hydrogens is 222 g/mol. The monoisotopic (exact) mass is 239 g/mol. The maximum Gasteiger partial charge on any atom is 0.203 e. The summed E-state index contributed by atoms with van der Waals surface area (Å²) < 4.78 is 16.7. The minimum absolute atomic E-state index is 0.552. The Morgan fingerprint density at radius 3 is 2.82 bits per heavy atom. The van der Waals surface area contributed by atoms with Gasteiger partial charge in [-0.1, -0.05) is 0 Å². The van der Waals surface area contributed by atoms with Crippen molar-refractivity contribution in [2.24, 2.45) is 0 Å². The molecule has 0 radical (unpaired) electrons. The van der Waals surface area contributed by atoms with Crippen molar-refractivity contribution in [3.8, 4) is 17.2 Å². The molecule has 1 aromatic rings. The lowest BCUT2D eigenvalue weighted by atomic mass is 10.1. The van der Waals surface area contributed by atoms with Crippen LogP contribution in [0.1, 0.15) is 12.0 Å². The van der Waals surface area contributed by atoms with Crippen LogP contribution in [0.2, 0.25) is 0 Å². The van der Waals surface area contributed by atoms with Gasteiger partial charge in [0, 0.05) is 18.5 Å². The molecular formula is C12H17NO4. The van der Waals surface area contributed by atoms with Crippen molar-refractivity contribution in [2.75, 3.05) is 27.4 Å². The molecule has 0 fully saturated rings. The van der Waals surface area contributed by atoms with Crippen LogP contribution in [0.3, 0.4) is 0 Å². The zero-order valence-electron chi connectivity index (χ0n) is 10.1. The van der Waals surface area contributed by atoms with Gasteiger partial charge in [-0.3, -0.25) is 0 Å². The number of benzene rings is 1. The Balaban J connectivity index is 2.32. The fourth-order valence-electron chi connectivity index (χ4n) is 1.76. The summed E-state index contributed by atoms with van der Waals surface area (Å²) in [5.41, 5.74) is 3.76. The van der Waals surface area contributed by atoms with E-state index >= 15 is 0 Å². The van der Waals surface area contributed by atoms with Crippen molar-refractivity contribution >= 4 is 0 Å². The van der Waals surface area contributed by atoms with Crippen LogP contribution in [0.5, 0.6) is 17.2 Å². The number of nitrogens with one attached hydrogen (secondary N) is 1. The second-order valence-electron chi connectivity index (χ2n) is 3.66. The van der Waals surface area contributed by atoms with Crippen LogP contribution in [-0.2, 0) is 11.4 Å². The zero-order valence-corrected chi connectivity index (χ0v) is 10.1. The number of hydrogen-bond acceptors (Lipinski definition) is 5. The molecule has 17 heavy (non-hydrogen) atoms. The summed E-state index contributed by atoms with van der Waals surface area (Å²) in [6, 6.07) is 3.84. The van der Waals surface area contributed by atoms with E-state index < -0.39 is 0 Å². The molecule has 5 heteroatoms. The van der Waals surface area contributed by atoms with Crippen molar-refractivity contribution in [2.45, 2.75) is 13.0 Å². The van der Waals surface area contributed by atoms with E-state index in [-0.39, 0.29) is 0 Å². The summed E-state index contributed by atoms with van der Waals surface area (Å²) in [5.74, 6) is 2.12. The molecule has 0 unspecified atom stereocenters. The lowest BCUT2D eigenvalue weighted by molar-refractivity contribution is 0.0860. The topological polar surface area (TPSA) is 49.0 Å². The Morgan fingerprint density at radius 1 is 1.24 bits per heavy atom. The number of ether oxygens (including phenoxy) is 3. The highest BCUT2D eigenvalue weighted by Crippen LogP contribution is 2.41. The molecule has 5 nitrogen and oxygen atoms in total. The fourth-order valence-corrected chi connectivity index (χ4v) is 1.76. The number of rotatable bonds is 4. The molecule has 0 spiro atoms. The first-order valence-corrected chi connectivity index (χ1v) is 5.58. The van der Waals surface area contributed by atoms with Gasteiger partial charge in [0.1, 0.15) is 0 Å². The minimum Gasteiger partial charge on any atom is -0.492 e. The first-order valence-electron chi connectivity index (χ1n) is 5.58. The molecule has 0 aliphatic carbocycles. The van der Waals surface area contributed by atoms with E-state index in [0.717, 1.165) is 17.7 Å². The molecule has 1 aromatic carbocycles. The molecule has 0 saturated heterocycles. The van der Waals surface area contributed by atoms with E-state index in [4.69, 9.17) is 19.0 Å². The Labute approximate surface area is 101 Å². The third-order valence-electron chi connectivity index (χ3n) is 2.56. The van der Waals surface area contributed by atoms with Crippen LogP contribution >= 0.6 is 0 Å². The van der Waals surface area contributed by atoms with Gasteiger partial charge in [-0.05, 0) is 12.1 Å². The molecule has 1 heterocycles. The molecule has 0 amide bonds. The molecule has 1 aliphatic heterocycles. The fraction of sp³-hybridized carbons (Fsp3) is 0.500. The van der Waals surface area contributed by atoms with Crippen LogP contribution in [0.4, 0.5) is 0 Å². The van der Waals surface area contributed by atoms with E-state index in [1.165, 1.54) is 0 Å². The lowest BCUT2D eigenvalue weighted by Gasteiger charge is -2.15. The molecule has 1 aliphatic rings. The van der Waals surface area contributed by atoms with Crippen molar-refractivity contribution in [3.05, 3.63) is 17.7 Å². The average molecular weight is 239 g/mol. The van der Waals surface area contributed by atoms with E-state index in [1.54, 1.807) is 14.2 Å². The SMILES string of the molecule is CONCc1ccc2c(c1OC)OCCCO2. The van der Waals surface area contributed by atoms with Gasteiger partial charge in [0.2, 0.25) is 5.75 Å². The van der Waals surface area contributed by atoms with E-state index in [1.807, 2.05) is 12.1 Å². The van der Waals surface area contributed by atoms with Crippen LogP contribution in [0, 0.1) is 0 Å². The summed E-state index contributed by atoms with van der Waals surface area (Å²) in [7, 11) is 3.20. The Kier molecular flexibility index (Phi) is 4.06. The lowest BCUT2D eigenvalue weighted by Crippen LogP contribution is -2.12. The van der Waals surface area contributed by atoms with Crippen molar-refractivity contribution in [1.82, 2.24) is 5.48 Å². The largest absolute Gasteiger partial charge is 0.492 e. The zero-order chi connectivity index (χ0) is 12.1. The molecule has 0 bridgehead atoms. The minimum atomic E-state index is 0.552. The van der Waals surface area contributed by atoms with Crippen LogP contribution in [0.15, 0.2) is 12.1 Å². The molecule has 1 N–H and O–H groups in total. The first-order chi connectivity index (χ1) is 8.36. The van der Waals surface area contributed by atoms with Crippen molar-refractivity contribution in [3.63, 3.8) is 0 Å². The van der Waals surface area contributed by atoms with E-state index in [9.17, 15) is 0 Å². The predicted molar refractivity (Wildman–Crippen MR) is 62.4 cm³/mol. The Hall–Kier alpha value is -1.46. The van der Waals surface area contributed by atoms with Gasteiger partial charge in [-0.25, -0.2) is 0 Å². The highest BCUT2D eigenvalue weighted by molar-refractivity contribution is 5.56. The maximum atomic E-state index is 5.67. The second-order valence-corrected chi connectivity index (χ2v) is 3.66. The van der Waals surface area contributed by atoms with Crippen LogP contribution in [0.25, 0.3) is 0 Å². The van der Waals surface area contributed by atoms with Gasteiger partial charge < -0.3 is 19.0 Å². The molecule has 0 aromatic heterocycles. The third kappa shape index (κ3) is 2.62. The van der Waals surface area contributed by atoms with Gasteiger partial charge in [-0.15, -0.1) is 0 Å². The van der Waals surface area contributed by atoms with Gasteiger partial charge in [0.25, 0.3) is 0 Å². The number of hydroxylamine groups is 1. The van der Waals surface area contributed by atoms with Crippen LogP contribution < -0.4 is 19.7 Å². The molecule has 2 rings (SSSR count). The van der Waals surface area contributed by atoms with Crippen molar-refractivity contribution in [1.29, 1.82) is 0 Å². The maximum absolute atomic E-state index is 5.67. The van der Waals surface area contributed by atoms with Gasteiger partial charge in [0.05, 0.1) is 27.4 Å². The van der Waals surface area contributed by atoms with Gasteiger partial charge >= 0.3 is 0 Å². The summed E-state index contributed by atoms with van der Waals surface area (Å²) in [6.07, 6.45) is 0.878. The summed E-state index contributed by atoms with van der Waals surface area (Å²) in [6.45, 7) is 1.87. The number of hydrogen-bond donors (Lipinski definition) is 1. The first kappa shape index (κ1) is 12.0. The molecule has 0 atom stereocenters. The smallest absolute Gasteiger partial charge is 0.203 e. The highest BCUT2D eigenvalue weighted by Gasteiger charge is 2.18. The van der Waals surface area contributed by atoms with Gasteiger partial charge in [0.15, 0.2) is 11.5 Å². The number of methoxy groups -OCH3 is 1. The standard InChI is InChI=1S/C12H17NO4/c1-14-11-9(8-13-15-2)4-5-10-12(11)17-7-3-6-16-10/h4-5,13H,3,6-8H2,1-2H3.